The first-order chi connectivity index (χ1) is 10.5. The van der Waals surface area contributed by atoms with Crippen molar-refractivity contribution in [3.63, 3.8) is 0 Å². The van der Waals surface area contributed by atoms with E-state index < -0.39 is 23.6 Å². The largest absolute Gasteiger partial charge is 0.481 e. The Balaban J connectivity index is 2.12. The number of cyclic esters (lactones) is 1. The van der Waals surface area contributed by atoms with E-state index in [0.717, 1.165) is 0 Å². The summed E-state index contributed by atoms with van der Waals surface area (Å²) in [5.41, 5.74) is 1.16. The summed E-state index contributed by atoms with van der Waals surface area (Å²) in [5.74, 6) is -4.60. The number of carboxylic acid groups (broad SMARTS) is 1. The zero-order chi connectivity index (χ0) is 15.7. The van der Waals surface area contributed by atoms with Crippen LogP contribution in [0.1, 0.15) is 33.8 Å². The second-order valence-corrected chi connectivity index (χ2v) is 5.19. The van der Waals surface area contributed by atoms with Crippen molar-refractivity contribution in [2.75, 3.05) is 0 Å². The smallest absolute Gasteiger partial charge is 0.341 e. The summed E-state index contributed by atoms with van der Waals surface area (Å²) in [7, 11) is 0. The van der Waals surface area contributed by atoms with Gasteiger partial charge in [0.1, 0.15) is 0 Å². The highest BCUT2D eigenvalue weighted by Crippen LogP contribution is 2.46. The molecule has 1 heterocycles. The fourth-order valence-corrected chi connectivity index (χ4v) is 2.83. The third-order valence-corrected chi connectivity index (χ3v) is 3.83. The molecule has 1 aliphatic heterocycles. The van der Waals surface area contributed by atoms with Crippen LogP contribution in [-0.2, 0) is 15.3 Å². The number of hydrogen-bond acceptors (Lipinski definition) is 4. The first-order valence-corrected chi connectivity index (χ1v) is 6.84. The summed E-state index contributed by atoms with van der Waals surface area (Å²) in [5, 5.41) is 20.2. The topological polar surface area (TPSA) is 83.8 Å². The molecule has 22 heavy (non-hydrogen) atoms. The minimum Gasteiger partial charge on any atom is -0.481 e. The summed E-state index contributed by atoms with van der Waals surface area (Å²) in [6, 6.07) is 15.2. The monoisotopic (exact) mass is 298 g/mol. The average Bonchev–Trinajstić information content (AvgIpc) is 2.78. The van der Waals surface area contributed by atoms with Gasteiger partial charge in [0.25, 0.3) is 0 Å². The number of aliphatic carboxylic acids is 1. The van der Waals surface area contributed by atoms with Crippen LogP contribution < -0.4 is 0 Å². The van der Waals surface area contributed by atoms with E-state index in [1.54, 1.807) is 54.6 Å². The molecule has 0 amide bonds. The van der Waals surface area contributed by atoms with Crippen molar-refractivity contribution >= 4 is 11.9 Å². The number of hydrogen-bond donors (Lipinski definition) is 2. The fraction of sp³-hybridized carbons (Fsp3) is 0.176. The molecular formula is C17H14O5. The highest BCUT2D eigenvalue weighted by Gasteiger charge is 2.51. The first kappa shape index (κ1) is 14.3. The van der Waals surface area contributed by atoms with Gasteiger partial charge in [-0.15, -0.1) is 0 Å². The van der Waals surface area contributed by atoms with Gasteiger partial charge in [-0.05, 0) is 11.6 Å². The van der Waals surface area contributed by atoms with Gasteiger partial charge in [-0.3, -0.25) is 4.79 Å². The number of carboxylic acids is 1. The van der Waals surface area contributed by atoms with E-state index in [-0.39, 0.29) is 12.0 Å². The summed E-state index contributed by atoms with van der Waals surface area (Å²) < 4.78 is 5.19. The van der Waals surface area contributed by atoms with Gasteiger partial charge in [-0.2, -0.15) is 0 Å². The summed E-state index contributed by atoms with van der Waals surface area (Å²) in [4.78, 5) is 23.2. The van der Waals surface area contributed by atoms with Gasteiger partial charge in [-0.1, -0.05) is 48.5 Å². The Morgan fingerprint density at radius 2 is 1.73 bits per heavy atom. The molecule has 0 radical (unpaired) electrons. The van der Waals surface area contributed by atoms with E-state index in [4.69, 9.17) is 4.74 Å². The minimum absolute atomic E-state index is 0.260. The first-order valence-electron chi connectivity index (χ1n) is 6.84. The summed E-state index contributed by atoms with van der Waals surface area (Å²) >= 11 is 0. The summed E-state index contributed by atoms with van der Waals surface area (Å²) in [6.45, 7) is 0. The number of benzene rings is 2. The predicted molar refractivity (Wildman–Crippen MR) is 77.2 cm³/mol. The van der Waals surface area contributed by atoms with E-state index in [9.17, 15) is 19.8 Å². The molecule has 2 aromatic rings. The van der Waals surface area contributed by atoms with Crippen LogP contribution in [-0.4, -0.2) is 22.2 Å². The van der Waals surface area contributed by atoms with E-state index in [0.29, 0.717) is 11.1 Å². The van der Waals surface area contributed by atoms with Gasteiger partial charge in [0.05, 0.1) is 17.9 Å². The standard InChI is InChI=1S/C17H14O5/c18-15(19)10-14(11-6-2-1-3-7-11)17(21)13-9-5-4-8-12(13)16(20)22-17/h1-9,14,21H,10H2,(H,18,19)/t14-,17+/m0/s1. The number of ether oxygens (including phenoxy) is 1. The lowest BCUT2D eigenvalue weighted by molar-refractivity contribution is -0.186. The zero-order valence-electron chi connectivity index (χ0n) is 11.6. The van der Waals surface area contributed by atoms with Crippen LogP contribution in [0.4, 0.5) is 0 Å². The van der Waals surface area contributed by atoms with Crippen LogP contribution >= 0.6 is 0 Å². The van der Waals surface area contributed by atoms with Gasteiger partial charge in [0.15, 0.2) is 0 Å². The van der Waals surface area contributed by atoms with Crippen molar-refractivity contribution < 1.29 is 24.5 Å². The molecule has 0 aromatic heterocycles. The van der Waals surface area contributed by atoms with Crippen molar-refractivity contribution in [2.45, 2.75) is 18.1 Å². The molecule has 2 N–H and O–H groups in total. The van der Waals surface area contributed by atoms with E-state index in [1.165, 1.54) is 0 Å². The van der Waals surface area contributed by atoms with Crippen molar-refractivity contribution in [1.29, 1.82) is 0 Å². The molecule has 3 rings (SSSR count). The lowest BCUT2D eigenvalue weighted by Gasteiger charge is -2.31. The normalized spacial score (nSPS) is 21.0. The molecule has 0 bridgehead atoms. The van der Waals surface area contributed by atoms with Gasteiger partial charge in [0, 0.05) is 5.56 Å². The van der Waals surface area contributed by atoms with E-state index in [2.05, 4.69) is 0 Å². The number of carbonyl (C=O) groups is 2. The molecule has 0 saturated heterocycles. The molecule has 0 saturated carbocycles. The maximum atomic E-state index is 12.0. The summed E-state index contributed by atoms with van der Waals surface area (Å²) in [6.07, 6.45) is -0.359. The zero-order valence-corrected chi connectivity index (χ0v) is 11.6. The van der Waals surface area contributed by atoms with Gasteiger partial charge < -0.3 is 14.9 Å². The molecule has 5 heteroatoms. The van der Waals surface area contributed by atoms with Crippen molar-refractivity contribution in [2.24, 2.45) is 0 Å². The number of carbonyl (C=O) groups excluding carboxylic acids is 1. The van der Waals surface area contributed by atoms with Gasteiger partial charge in [0.2, 0.25) is 5.79 Å². The molecule has 5 nitrogen and oxygen atoms in total. The number of aliphatic hydroxyl groups is 1. The molecule has 0 unspecified atom stereocenters. The fourth-order valence-electron chi connectivity index (χ4n) is 2.83. The third-order valence-electron chi connectivity index (χ3n) is 3.83. The Bertz CT molecular complexity index is 725. The molecule has 2 aromatic carbocycles. The van der Waals surface area contributed by atoms with Crippen LogP contribution in [0, 0.1) is 0 Å². The van der Waals surface area contributed by atoms with Crippen LogP contribution in [0.25, 0.3) is 0 Å². The maximum absolute atomic E-state index is 12.0. The lowest BCUT2D eigenvalue weighted by atomic mass is 9.83. The molecule has 1 aliphatic rings. The highest BCUT2D eigenvalue weighted by molar-refractivity contribution is 5.94. The Morgan fingerprint density at radius 3 is 2.41 bits per heavy atom. The van der Waals surface area contributed by atoms with Gasteiger partial charge in [-0.25, -0.2) is 4.79 Å². The molecule has 2 atom stereocenters. The average molecular weight is 298 g/mol. The highest BCUT2D eigenvalue weighted by atomic mass is 16.7. The Kier molecular flexibility index (Phi) is 3.42. The van der Waals surface area contributed by atoms with Crippen LogP contribution in [0.2, 0.25) is 0 Å². The molecule has 0 spiro atoms. The maximum Gasteiger partial charge on any atom is 0.341 e. The predicted octanol–water partition coefficient (Wildman–Crippen LogP) is 2.26. The third kappa shape index (κ3) is 2.25. The van der Waals surface area contributed by atoms with Crippen molar-refractivity contribution in [3.8, 4) is 0 Å². The Hall–Kier alpha value is -2.66. The number of fused-ring (bicyclic) bond motifs is 1. The lowest BCUT2D eigenvalue weighted by Crippen LogP contribution is -2.35. The molecule has 0 fully saturated rings. The van der Waals surface area contributed by atoms with Crippen molar-refractivity contribution in [3.05, 3.63) is 71.3 Å². The van der Waals surface area contributed by atoms with Crippen LogP contribution in [0.5, 0.6) is 0 Å². The van der Waals surface area contributed by atoms with Crippen molar-refractivity contribution in [1.82, 2.24) is 0 Å². The molecule has 112 valence electrons. The van der Waals surface area contributed by atoms with Crippen LogP contribution in [0.3, 0.4) is 0 Å². The van der Waals surface area contributed by atoms with E-state index in [1.807, 2.05) is 0 Å². The molecular weight excluding hydrogens is 284 g/mol. The number of esters is 1. The molecule has 0 aliphatic carbocycles. The van der Waals surface area contributed by atoms with Gasteiger partial charge >= 0.3 is 11.9 Å². The van der Waals surface area contributed by atoms with Crippen LogP contribution in [0.15, 0.2) is 54.6 Å². The second kappa shape index (κ2) is 5.27. The van der Waals surface area contributed by atoms with E-state index >= 15 is 0 Å². The quantitative estimate of drug-likeness (QED) is 0.846. The number of rotatable bonds is 4. The second-order valence-electron chi connectivity index (χ2n) is 5.19. The SMILES string of the molecule is O=C(O)C[C@@H](c1ccccc1)[C@]1(O)OC(=O)c2ccccc21. The minimum atomic E-state index is -1.98. The Morgan fingerprint density at radius 1 is 1.09 bits per heavy atom. The Labute approximate surface area is 126 Å².